The first kappa shape index (κ1) is 15.5. The number of fused-ring (bicyclic) bond motifs is 5. The van der Waals surface area contributed by atoms with E-state index in [0.717, 1.165) is 30.4 Å². The molecule has 4 rings (SSSR count). The molecule has 0 unspecified atom stereocenters. The highest BCUT2D eigenvalue weighted by Gasteiger charge is 2.53. The van der Waals surface area contributed by atoms with Crippen LogP contribution in [0.4, 0.5) is 0 Å². The molecule has 2 nitrogen and oxygen atoms in total. The summed E-state index contributed by atoms with van der Waals surface area (Å²) in [5.74, 6) is 3.21. The first-order valence-electron chi connectivity index (χ1n) is 9.54. The molecule has 0 heterocycles. The fraction of sp³-hybridized carbons (Fsp3) is 0.714. The zero-order chi connectivity index (χ0) is 16.0. The maximum absolute atomic E-state index is 10.8. The van der Waals surface area contributed by atoms with Crippen molar-refractivity contribution in [3.05, 3.63) is 29.3 Å². The Hall–Kier alpha value is -1.02. The molecule has 0 amide bonds. The number of ether oxygens (including phenoxy) is 1. The van der Waals surface area contributed by atoms with Gasteiger partial charge in [-0.2, -0.15) is 0 Å². The maximum Gasteiger partial charge on any atom is 0.119 e. The summed E-state index contributed by atoms with van der Waals surface area (Å²) in [6, 6.07) is 6.71. The van der Waals surface area contributed by atoms with Crippen molar-refractivity contribution >= 4 is 0 Å². The van der Waals surface area contributed by atoms with Crippen molar-refractivity contribution in [2.24, 2.45) is 17.3 Å². The van der Waals surface area contributed by atoms with Gasteiger partial charge in [-0.3, -0.25) is 0 Å². The van der Waals surface area contributed by atoms with Gasteiger partial charge < -0.3 is 9.84 Å². The largest absolute Gasteiger partial charge is 0.497 e. The molecule has 5 atom stereocenters. The molecule has 23 heavy (non-hydrogen) atoms. The van der Waals surface area contributed by atoms with Crippen LogP contribution in [0.5, 0.6) is 5.75 Å². The monoisotopic (exact) mass is 314 g/mol. The fourth-order valence-electron chi connectivity index (χ4n) is 6.34. The van der Waals surface area contributed by atoms with E-state index < -0.39 is 0 Å². The van der Waals surface area contributed by atoms with Crippen LogP contribution >= 0.6 is 0 Å². The summed E-state index contributed by atoms with van der Waals surface area (Å²) in [7, 11) is 1.76. The second kappa shape index (κ2) is 5.81. The van der Waals surface area contributed by atoms with Crippen molar-refractivity contribution in [1.29, 1.82) is 0 Å². The summed E-state index contributed by atoms with van der Waals surface area (Å²) >= 11 is 0. The van der Waals surface area contributed by atoms with Crippen molar-refractivity contribution in [2.45, 2.75) is 70.3 Å². The van der Waals surface area contributed by atoms with Gasteiger partial charge in [0.05, 0.1) is 13.2 Å². The van der Waals surface area contributed by atoms with E-state index >= 15 is 0 Å². The molecule has 1 aromatic rings. The second-order valence-electron chi connectivity index (χ2n) is 8.05. The van der Waals surface area contributed by atoms with Gasteiger partial charge in [-0.05, 0) is 91.4 Å². The Labute approximate surface area is 140 Å². The number of aryl methyl sites for hydroxylation is 1. The average Bonchev–Trinajstić information content (AvgIpc) is 2.61. The highest BCUT2D eigenvalue weighted by atomic mass is 16.5. The van der Waals surface area contributed by atoms with E-state index in [1.54, 1.807) is 12.7 Å². The van der Waals surface area contributed by atoms with E-state index in [2.05, 4.69) is 25.1 Å². The second-order valence-corrected chi connectivity index (χ2v) is 8.05. The standard InChI is InChI=1S/C21H30O2/c1-3-21-12-11-17-16-10-8-15(23-2)13-14(16)7-9-18(17)19(21)5-4-6-20(21)22/h8,10,13,17-20,22H,3-7,9,11-12H2,1-2H3/t17-,18-,19+,20-,21+/m1/s1. The summed E-state index contributed by atoms with van der Waals surface area (Å²) in [5, 5.41) is 10.8. The van der Waals surface area contributed by atoms with Gasteiger partial charge in [-0.15, -0.1) is 0 Å². The molecule has 0 radical (unpaired) electrons. The van der Waals surface area contributed by atoms with Gasteiger partial charge in [0.15, 0.2) is 0 Å². The molecule has 0 aliphatic heterocycles. The van der Waals surface area contributed by atoms with E-state index in [1.807, 2.05) is 0 Å². The van der Waals surface area contributed by atoms with Crippen molar-refractivity contribution in [1.82, 2.24) is 0 Å². The Balaban J connectivity index is 1.68. The molecule has 0 aromatic heterocycles. The van der Waals surface area contributed by atoms with E-state index in [4.69, 9.17) is 4.74 Å². The van der Waals surface area contributed by atoms with Crippen LogP contribution in [0.3, 0.4) is 0 Å². The molecule has 126 valence electrons. The highest BCUT2D eigenvalue weighted by Crippen LogP contribution is 2.61. The molecule has 3 aliphatic carbocycles. The predicted molar refractivity (Wildman–Crippen MR) is 92.9 cm³/mol. The number of aliphatic hydroxyl groups excluding tert-OH is 1. The molecule has 1 N–H and O–H groups in total. The van der Waals surface area contributed by atoms with Crippen LogP contribution in [-0.4, -0.2) is 18.3 Å². The number of hydrogen-bond donors (Lipinski definition) is 1. The number of aliphatic hydroxyl groups is 1. The third kappa shape index (κ3) is 2.25. The Morgan fingerprint density at radius 2 is 2.09 bits per heavy atom. The van der Waals surface area contributed by atoms with Crippen LogP contribution in [0, 0.1) is 17.3 Å². The zero-order valence-corrected chi connectivity index (χ0v) is 14.6. The van der Waals surface area contributed by atoms with Crippen LogP contribution in [0.1, 0.15) is 68.9 Å². The Morgan fingerprint density at radius 1 is 1.22 bits per heavy atom. The first-order valence-corrected chi connectivity index (χ1v) is 9.54. The van der Waals surface area contributed by atoms with Gasteiger partial charge in [-0.25, -0.2) is 0 Å². The molecule has 0 bridgehead atoms. The third-order valence-corrected chi connectivity index (χ3v) is 7.50. The number of hydrogen-bond acceptors (Lipinski definition) is 2. The first-order chi connectivity index (χ1) is 11.2. The molecule has 0 saturated heterocycles. The van der Waals surface area contributed by atoms with Crippen molar-refractivity contribution in [2.75, 3.05) is 7.11 Å². The third-order valence-electron chi connectivity index (χ3n) is 7.50. The van der Waals surface area contributed by atoms with E-state index in [0.29, 0.717) is 5.92 Å². The smallest absolute Gasteiger partial charge is 0.119 e. The topological polar surface area (TPSA) is 29.5 Å². The Kier molecular flexibility index (Phi) is 3.91. The quantitative estimate of drug-likeness (QED) is 0.858. The average molecular weight is 314 g/mol. The number of rotatable bonds is 2. The van der Waals surface area contributed by atoms with Crippen molar-refractivity contribution in [3.63, 3.8) is 0 Å². The Morgan fingerprint density at radius 3 is 2.87 bits per heavy atom. The molecule has 1 aromatic carbocycles. The highest BCUT2D eigenvalue weighted by molar-refractivity contribution is 5.40. The van der Waals surface area contributed by atoms with Crippen molar-refractivity contribution in [3.8, 4) is 5.75 Å². The summed E-state index contributed by atoms with van der Waals surface area (Å²) in [6.45, 7) is 2.31. The van der Waals surface area contributed by atoms with Crippen LogP contribution in [-0.2, 0) is 6.42 Å². The minimum Gasteiger partial charge on any atom is -0.497 e. The fourth-order valence-corrected chi connectivity index (χ4v) is 6.34. The van der Waals surface area contributed by atoms with E-state index in [1.165, 1.54) is 44.1 Å². The molecular weight excluding hydrogens is 284 g/mol. The molecule has 0 spiro atoms. The van der Waals surface area contributed by atoms with Gasteiger partial charge in [0, 0.05) is 0 Å². The SMILES string of the molecule is CC[C@]12CC[C@@H]3c4ccc(OC)cc4CC[C@H]3[C@@H]1CCC[C@H]2O. The lowest BCUT2D eigenvalue weighted by Crippen LogP contribution is -2.52. The normalized spacial score (nSPS) is 39.1. The van der Waals surface area contributed by atoms with Gasteiger partial charge in [-0.1, -0.05) is 19.4 Å². The number of benzene rings is 1. The van der Waals surface area contributed by atoms with Gasteiger partial charge in [0.1, 0.15) is 5.75 Å². The molecule has 2 fully saturated rings. The molecular formula is C21H30O2. The zero-order valence-electron chi connectivity index (χ0n) is 14.6. The lowest BCUT2D eigenvalue weighted by Gasteiger charge is -2.57. The summed E-state index contributed by atoms with van der Waals surface area (Å²) < 4.78 is 5.42. The van der Waals surface area contributed by atoms with E-state index in [9.17, 15) is 5.11 Å². The lowest BCUT2D eigenvalue weighted by molar-refractivity contribution is -0.112. The van der Waals surface area contributed by atoms with Gasteiger partial charge in [0.2, 0.25) is 0 Å². The summed E-state index contributed by atoms with van der Waals surface area (Å²) in [4.78, 5) is 0. The molecule has 3 aliphatic rings. The Bertz CT molecular complexity index is 581. The van der Waals surface area contributed by atoms with Crippen LogP contribution in [0.2, 0.25) is 0 Å². The molecule has 2 heteroatoms. The summed E-state index contributed by atoms with van der Waals surface area (Å²) in [6.07, 6.45) is 9.60. The van der Waals surface area contributed by atoms with Crippen LogP contribution < -0.4 is 4.74 Å². The minimum atomic E-state index is -0.0653. The van der Waals surface area contributed by atoms with Crippen molar-refractivity contribution < 1.29 is 9.84 Å². The summed E-state index contributed by atoms with van der Waals surface area (Å²) in [5.41, 5.74) is 3.29. The van der Waals surface area contributed by atoms with Gasteiger partial charge >= 0.3 is 0 Å². The maximum atomic E-state index is 10.8. The number of methoxy groups -OCH3 is 1. The molecule has 2 saturated carbocycles. The lowest BCUT2D eigenvalue weighted by atomic mass is 9.48. The van der Waals surface area contributed by atoms with E-state index in [-0.39, 0.29) is 11.5 Å². The predicted octanol–water partition coefficient (Wildman–Crippen LogP) is 4.69. The minimum absolute atomic E-state index is 0.0653. The van der Waals surface area contributed by atoms with Crippen LogP contribution in [0.15, 0.2) is 18.2 Å². The van der Waals surface area contributed by atoms with Gasteiger partial charge in [0.25, 0.3) is 0 Å². The van der Waals surface area contributed by atoms with Crippen LogP contribution in [0.25, 0.3) is 0 Å².